The van der Waals surface area contributed by atoms with E-state index < -0.39 is 10.9 Å². The van der Waals surface area contributed by atoms with Gasteiger partial charge in [-0.1, -0.05) is 20.8 Å². The van der Waals surface area contributed by atoms with Gasteiger partial charge in [0.15, 0.2) is 0 Å². The molecule has 3 rings (SSSR count). The smallest absolute Gasteiger partial charge is 0.253 e. The Labute approximate surface area is 156 Å². The van der Waals surface area contributed by atoms with E-state index in [1.165, 1.54) is 0 Å². The number of anilines is 5. The molecule has 0 radical (unpaired) electrons. The highest BCUT2D eigenvalue weighted by Gasteiger charge is 2.27. The molecule has 0 amide bonds. The van der Waals surface area contributed by atoms with Crippen molar-refractivity contribution in [1.29, 1.82) is 0 Å². The Morgan fingerprint density at radius 2 is 1.59 bits per heavy atom. The van der Waals surface area contributed by atoms with Crippen molar-refractivity contribution in [3.8, 4) is 0 Å². The lowest BCUT2D eigenvalue weighted by atomic mass is 9.87. The average molecular weight is 366 g/mol. The number of hydrogen-bond acceptors (Lipinski definition) is 8. The van der Waals surface area contributed by atoms with E-state index in [0.717, 1.165) is 5.69 Å². The van der Waals surface area contributed by atoms with Crippen LogP contribution in [-0.2, 0) is 0 Å². The van der Waals surface area contributed by atoms with E-state index in [2.05, 4.69) is 51.7 Å². The fraction of sp³-hybridized carbons (Fsp3) is 0.316. The molecule has 1 aromatic carbocycles. The summed E-state index contributed by atoms with van der Waals surface area (Å²) >= 11 is 0. The van der Waals surface area contributed by atoms with Gasteiger partial charge in [0.05, 0.1) is 0 Å². The van der Waals surface area contributed by atoms with Crippen molar-refractivity contribution in [2.45, 2.75) is 33.7 Å². The van der Waals surface area contributed by atoms with Crippen LogP contribution in [0.4, 0.5) is 28.8 Å². The summed E-state index contributed by atoms with van der Waals surface area (Å²) in [4.78, 5) is 36.4. The van der Waals surface area contributed by atoms with Crippen LogP contribution in [0.2, 0.25) is 0 Å². The van der Waals surface area contributed by atoms with Crippen LogP contribution in [0, 0.1) is 5.41 Å². The first-order valence-corrected chi connectivity index (χ1v) is 8.62. The summed E-state index contributed by atoms with van der Waals surface area (Å²) in [5, 5.41) is 9.13. The second-order valence-electron chi connectivity index (χ2n) is 7.39. The van der Waals surface area contributed by atoms with Crippen LogP contribution < -0.4 is 26.8 Å². The lowest BCUT2D eigenvalue weighted by Crippen LogP contribution is -2.41. The quantitative estimate of drug-likeness (QED) is 0.572. The molecule has 0 saturated carbocycles. The normalized spacial score (nSPS) is 12.6. The number of rotatable bonds is 6. The average Bonchev–Trinajstić information content (AvgIpc) is 2.64. The van der Waals surface area contributed by atoms with Gasteiger partial charge in [0, 0.05) is 30.3 Å². The standard InChI is InChI=1S/C19H22N6O2/c1-11(19(2,3)4)22-14-15(17(27)16(14)26)24-13-7-10-21-18(25-13)23-12-5-8-20-9-6-12/h5-11,22H,1-4H3,(H2,20,21,23,24,25)/t11-/m1/s1. The van der Waals surface area contributed by atoms with Gasteiger partial charge >= 0.3 is 0 Å². The van der Waals surface area contributed by atoms with Crippen LogP contribution in [0.15, 0.2) is 46.4 Å². The van der Waals surface area contributed by atoms with E-state index in [0.29, 0.717) is 17.5 Å². The van der Waals surface area contributed by atoms with Crippen molar-refractivity contribution in [3.63, 3.8) is 0 Å². The topological polar surface area (TPSA) is 109 Å². The molecule has 0 aliphatic carbocycles. The minimum absolute atomic E-state index is 0.00988. The molecule has 3 N–H and O–H groups in total. The van der Waals surface area contributed by atoms with E-state index in [1.54, 1.807) is 36.8 Å². The summed E-state index contributed by atoms with van der Waals surface area (Å²) < 4.78 is 0. The molecule has 8 nitrogen and oxygen atoms in total. The summed E-state index contributed by atoms with van der Waals surface area (Å²) in [6.45, 7) is 8.16. The zero-order chi connectivity index (χ0) is 19.6. The van der Waals surface area contributed by atoms with E-state index in [1.807, 2.05) is 6.92 Å². The molecule has 27 heavy (non-hydrogen) atoms. The fourth-order valence-electron chi connectivity index (χ4n) is 2.26. The van der Waals surface area contributed by atoms with Gasteiger partial charge in [-0.25, -0.2) is 4.98 Å². The Bertz CT molecular complexity index is 1000. The molecule has 2 heterocycles. The highest BCUT2D eigenvalue weighted by Crippen LogP contribution is 2.26. The van der Waals surface area contributed by atoms with Crippen molar-refractivity contribution in [2.75, 3.05) is 16.0 Å². The Balaban J connectivity index is 1.78. The fourth-order valence-corrected chi connectivity index (χ4v) is 2.26. The molecule has 3 aromatic rings. The maximum Gasteiger partial charge on any atom is 0.253 e. The largest absolute Gasteiger partial charge is 0.377 e. The zero-order valence-electron chi connectivity index (χ0n) is 15.7. The predicted octanol–water partition coefficient (Wildman–Crippen LogP) is 2.80. The number of pyridine rings is 1. The molecule has 0 fully saturated rings. The predicted molar refractivity (Wildman–Crippen MR) is 107 cm³/mol. The SMILES string of the molecule is C[C@@H](Nc1c(Nc2ccnc(Nc3ccncc3)n2)c(=O)c1=O)C(C)(C)C. The van der Waals surface area contributed by atoms with Crippen LogP contribution in [0.3, 0.4) is 0 Å². The van der Waals surface area contributed by atoms with Gasteiger partial charge in [-0.15, -0.1) is 0 Å². The molecular formula is C19H22N6O2. The van der Waals surface area contributed by atoms with Crippen LogP contribution in [0.25, 0.3) is 0 Å². The van der Waals surface area contributed by atoms with E-state index in [4.69, 9.17) is 0 Å². The molecule has 0 spiro atoms. The Morgan fingerprint density at radius 1 is 0.926 bits per heavy atom. The van der Waals surface area contributed by atoms with Gasteiger partial charge in [0.25, 0.3) is 10.9 Å². The maximum absolute atomic E-state index is 12.0. The van der Waals surface area contributed by atoms with Crippen molar-refractivity contribution in [2.24, 2.45) is 5.41 Å². The summed E-state index contributed by atoms with van der Waals surface area (Å²) in [7, 11) is 0. The van der Waals surface area contributed by atoms with Gasteiger partial charge < -0.3 is 16.0 Å². The van der Waals surface area contributed by atoms with E-state index in [9.17, 15) is 9.59 Å². The second kappa shape index (κ2) is 7.14. The third-order valence-corrected chi connectivity index (χ3v) is 4.42. The Kier molecular flexibility index (Phi) is 4.89. The van der Waals surface area contributed by atoms with Gasteiger partial charge in [-0.3, -0.25) is 14.6 Å². The highest BCUT2D eigenvalue weighted by atomic mass is 16.2. The molecule has 0 aliphatic heterocycles. The third-order valence-electron chi connectivity index (χ3n) is 4.42. The van der Waals surface area contributed by atoms with Crippen molar-refractivity contribution in [1.82, 2.24) is 15.0 Å². The molecule has 8 heteroatoms. The van der Waals surface area contributed by atoms with Crippen LogP contribution in [-0.4, -0.2) is 21.0 Å². The van der Waals surface area contributed by atoms with E-state index in [-0.39, 0.29) is 17.1 Å². The Morgan fingerprint density at radius 3 is 2.26 bits per heavy atom. The first-order valence-electron chi connectivity index (χ1n) is 8.62. The highest BCUT2D eigenvalue weighted by molar-refractivity contribution is 5.78. The minimum atomic E-state index is -0.555. The van der Waals surface area contributed by atoms with Gasteiger partial charge in [-0.05, 0) is 30.5 Å². The molecule has 0 unspecified atom stereocenters. The van der Waals surface area contributed by atoms with E-state index >= 15 is 0 Å². The summed E-state index contributed by atoms with van der Waals surface area (Å²) in [6.07, 6.45) is 4.87. The van der Waals surface area contributed by atoms with Crippen molar-refractivity contribution in [3.05, 3.63) is 57.2 Å². The second-order valence-corrected chi connectivity index (χ2v) is 7.39. The molecular weight excluding hydrogens is 344 g/mol. The van der Waals surface area contributed by atoms with Crippen molar-refractivity contribution < 1.29 is 0 Å². The molecule has 140 valence electrons. The summed E-state index contributed by atoms with van der Waals surface area (Å²) in [6, 6.07) is 5.22. The minimum Gasteiger partial charge on any atom is -0.377 e. The molecule has 1 atom stereocenters. The van der Waals surface area contributed by atoms with Gasteiger partial charge in [-0.2, -0.15) is 4.98 Å². The molecule has 0 aliphatic rings. The molecule has 0 saturated heterocycles. The number of aromatic nitrogens is 3. The number of hydrogen-bond donors (Lipinski definition) is 3. The van der Waals surface area contributed by atoms with Crippen LogP contribution in [0.1, 0.15) is 27.7 Å². The summed E-state index contributed by atoms with van der Waals surface area (Å²) in [5.41, 5.74) is 0.179. The van der Waals surface area contributed by atoms with Crippen LogP contribution in [0.5, 0.6) is 0 Å². The third kappa shape index (κ3) is 4.11. The monoisotopic (exact) mass is 366 g/mol. The number of nitrogens with zero attached hydrogens (tertiary/aromatic N) is 3. The Hall–Kier alpha value is -3.29. The van der Waals surface area contributed by atoms with Crippen molar-refractivity contribution >= 4 is 28.8 Å². The zero-order valence-corrected chi connectivity index (χ0v) is 15.7. The first-order chi connectivity index (χ1) is 12.8. The molecule has 2 aromatic heterocycles. The first kappa shape index (κ1) is 18.5. The maximum atomic E-state index is 12.0. The summed E-state index contributed by atoms with van der Waals surface area (Å²) in [5.74, 6) is 0.780. The van der Waals surface area contributed by atoms with Gasteiger partial charge in [0.1, 0.15) is 17.2 Å². The lowest BCUT2D eigenvalue weighted by Gasteiger charge is -2.30. The number of nitrogens with one attached hydrogen (secondary N) is 3. The van der Waals surface area contributed by atoms with Crippen LogP contribution >= 0.6 is 0 Å². The molecule has 0 bridgehead atoms. The lowest BCUT2D eigenvalue weighted by molar-refractivity contribution is 0.359. The van der Waals surface area contributed by atoms with Gasteiger partial charge in [0.2, 0.25) is 5.95 Å².